The molecular weight excluding hydrogens is 382 g/mol. The Labute approximate surface area is 154 Å². The molecule has 0 aliphatic carbocycles. The summed E-state index contributed by atoms with van der Waals surface area (Å²) in [6.45, 7) is 0. The quantitative estimate of drug-likeness (QED) is 0.645. The third-order valence-corrected chi connectivity index (χ3v) is 3.96. The van der Waals surface area contributed by atoms with E-state index in [1.807, 2.05) is 36.4 Å². The molecule has 0 aliphatic rings. The van der Waals surface area contributed by atoms with Gasteiger partial charge in [-0.3, -0.25) is 4.79 Å². The molecule has 0 radical (unpaired) electrons. The zero-order valence-electron chi connectivity index (χ0n) is 13.5. The van der Waals surface area contributed by atoms with Crippen LogP contribution in [0.15, 0.2) is 71.3 Å². The van der Waals surface area contributed by atoms with E-state index < -0.39 is 0 Å². The highest BCUT2D eigenvalue weighted by molar-refractivity contribution is 9.10. The zero-order chi connectivity index (χ0) is 17.6. The predicted molar refractivity (Wildman–Crippen MR) is 103 cm³/mol. The maximum absolute atomic E-state index is 12.4. The lowest BCUT2D eigenvalue weighted by molar-refractivity contribution is 0.102. The molecule has 25 heavy (non-hydrogen) atoms. The molecule has 1 aromatic heterocycles. The van der Waals surface area contributed by atoms with Gasteiger partial charge in [0, 0.05) is 10.2 Å². The Morgan fingerprint density at radius 1 is 1.04 bits per heavy atom. The zero-order valence-corrected chi connectivity index (χ0v) is 15.1. The molecule has 0 fully saturated rings. The monoisotopic (exact) mass is 397 g/mol. The van der Waals surface area contributed by atoms with Gasteiger partial charge in [0.25, 0.3) is 5.91 Å². The molecule has 3 rings (SSSR count). The normalized spacial score (nSPS) is 10.2. The molecule has 0 aliphatic heterocycles. The van der Waals surface area contributed by atoms with Gasteiger partial charge in [-0.15, -0.1) is 0 Å². The van der Waals surface area contributed by atoms with Gasteiger partial charge in [-0.25, -0.2) is 4.98 Å². The van der Waals surface area contributed by atoms with E-state index in [0.29, 0.717) is 17.1 Å². The molecule has 0 bridgehead atoms. The molecule has 5 nitrogen and oxygen atoms in total. The number of anilines is 3. The number of nitrogens with one attached hydrogen (secondary N) is 2. The van der Waals surface area contributed by atoms with Crippen molar-refractivity contribution in [3.63, 3.8) is 0 Å². The third-order valence-electron chi connectivity index (χ3n) is 3.47. The van der Waals surface area contributed by atoms with Crippen LogP contribution in [-0.4, -0.2) is 18.0 Å². The van der Waals surface area contributed by atoms with Crippen LogP contribution in [0.3, 0.4) is 0 Å². The Morgan fingerprint density at radius 3 is 2.60 bits per heavy atom. The molecule has 126 valence electrons. The van der Waals surface area contributed by atoms with Crippen molar-refractivity contribution in [1.29, 1.82) is 0 Å². The summed E-state index contributed by atoms with van der Waals surface area (Å²) in [5.41, 5.74) is 2.23. The van der Waals surface area contributed by atoms with Crippen LogP contribution in [0.1, 0.15) is 10.4 Å². The number of benzene rings is 2. The maximum atomic E-state index is 12.4. The number of carbonyl (C=O) groups is 1. The summed E-state index contributed by atoms with van der Waals surface area (Å²) < 4.78 is 6.20. The fourth-order valence-corrected chi connectivity index (χ4v) is 2.69. The molecule has 0 unspecified atom stereocenters. The first-order valence-corrected chi connectivity index (χ1v) is 8.38. The molecule has 1 amide bonds. The van der Waals surface area contributed by atoms with Gasteiger partial charge in [0.2, 0.25) is 0 Å². The smallest absolute Gasteiger partial charge is 0.260 e. The van der Waals surface area contributed by atoms with Crippen molar-refractivity contribution in [2.75, 3.05) is 17.7 Å². The molecule has 0 saturated heterocycles. The Morgan fingerprint density at radius 2 is 1.88 bits per heavy atom. The number of methoxy groups -OCH3 is 1. The number of pyridine rings is 1. The minimum Gasteiger partial charge on any atom is -0.496 e. The highest BCUT2D eigenvalue weighted by Crippen LogP contribution is 2.22. The van der Waals surface area contributed by atoms with Crippen molar-refractivity contribution in [2.45, 2.75) is 0 Å². The second kappa shape index (κ2) is 7.81. The summed E-state index contributed by atoms with van der Waals surface area (Å²) in [5.74, 6) is 0.723. The van der Waals surface area contributed by atoms with Crippen LogP contribution in [0.2, 0.25) is 0 Å². The van der Waals surface area contributed by atoms with Crippen LogP contribution < -0.4 is 15.4 Å². The number of hydrogen-bond donors (Lipinski definition) is 2. The van der Waals surface area contributed by atoms with Gasteiger partial charge in [0.05, 0.1) is 24.6 Å². The predicted octanol–water partition coefficient (Wildman–Crippen LogP) is 4.85. The number of para-hydroxylation sites is 1. The maximum Gasteiger partial charge on any atom is 0.260 e. The number of rotatable bonds is 5. The van der Waals surface area contributed by atoms with E-state index in [4.69, 9.17) is 4.74 Å². The first-order valence-electron chi connectivity index (χ1n) is 7.59. The van der Waals surface area contributed by atoms with Gasteiger partial charge >= 0.3 is 0 Å². The van der Waals surface area contributed by atoms with Gasteiger partial charge in [0.15, 0.2) is 0 Å². The number of nitrogens with zero attached hydrogens (tertiary/aromatic N) is 1. The lowest BCUT2D eigenvalue weighted by Crippen LogP contribution is -2.14. The summed E-state index contributed by atoms with van der Waals surface area (Å²) >= 11 is 3.43. The van der Waals surface area contributed by atoms with Crippen LogP contribution in [0.25, 0.3) is 0 Å². The van der Waals surface area contributed by atoms with Crippen molar-refractivity contribution in [2.24, 2.45) is 0 Å². The minimum atomic E-state index is -0.266. The molecular formula is C19H16BrN3O2. The van der Waals surface area contributed by atoms with Crippen molar-refractivity contribution in [3.8, 4) is 5.75 Å². The molecule has 1 heterocycles. The Kier molecular flexibility index (Phi) is 5.30. The van der Waals surface area contributed by atoms with Crippen LogP contribution in [0.4, 0.5) is 17.2 Å². The summed E-state index contributed by atoms with van der Waals surface area (Å²) in [4.78, 5) is 16.6. The van der Waals surface area contributed by atoms with E-state index in [1.165, 1.54) is 7.11 Å². The van der Waals surface area contributed by atoms with Crippen LogP contribution in [0, 0.1) is 0 Å². The van der Waals surface area contributed by atoms with Crippen molar-refractivity contribution in [1.82, 2.24) is 4.98 Å². The molecule has 0 spiro atoms. The van der Waals surface area contributed by atoms with Gasteiger partial charge < -0.3 is 15.4 Å². The second-order valence-electron chi connectivity index (χ2n) is 5.22. The lowest BCUT2D eigenvalue weighted by Gasteiger charge is -2.10. The molecule has 2 aromatic carbocycles. The number of halogens is 1. The molecule has 2 N–H and O–H groups in total. The van der Waals surface area contributed by atoms with E-state index in [2.05, 4.69) is 31.5 Å². The standard InChI is InChI=1S/C19H16BrN3O2/c1-25-17-8-3-2-7-16(17)19(24)23-18-10-9-15(12-21-18)22-14-6-4-5-13(20)11-14/h2-12,22H,1H3,(H,21,23,24). The topological polar surface area (TPSA) is 63.2 Å². The van der Waals surface area contributed by atoms with E-state index >= 15 is 0 Å². The van der Waals surface area contributed by atoms with Gasteiger partial charge in [0.1, 0.15) is 11.6 Å². The fraction of sp³-hybridized carbons (Fsp3) is 0.0526. The number of amides is 1. The van der Waals surface area contributed by atoms with Crippen LogP contribution in [-0.2, 0) is 0 Å². The molecule has 0 saturated carbocycles. The fourth-order valence-electron chi connectivity index (χ4n) is 2.29. The average Bonchev–Trinajstić information content (AvgIpc) is 2.63. The number of hydrogen-bond acceptors (Lipinski definition) is 4. The van der Waals surface area contributed by atoms with Crippen molar-refractivity contribution in [3.05, 3.63) is 76.9 Å². The lowest BCUT2D eigenvalue weighted by atomic mass is 10.2. The summed E-state index contributed by atoms with van der Waals surface area (Å²) in [6, 6.07) is 18.5. The average molecular weight is 398 g/mol. The van der Waals surface area contributed by atoms with Crippen LogP contribution in [0.5, 0.6) is 5.75 Å². The molecule has 0 atom stereocenters. The van der Waals surface area contributed by atoms with Crippen molar-refractivity contribution >= 4 is 39.0 Å². The Hall–Kier alpha value is -2.86. The van der Waals surface area contributed by atoms with E-state index in [9.17, 15) is 4.79 Å². The minimum absolute atomic E-state index is 0.266. The summed E-state index contributed by atoms with van der Waals surface area (Å²) in [6.07, 6.45) is 1.67. The van der Waals surface area contributed by atoms with Gasteiger partial charge in [-0.2, -0.15) is 0 Å². The van der Waals surface area contributed by atoms with E-state index in [0.717, 1.165) is 15.8 Å². The van der Waals surface area contributed by atoms with Gasteiger partial charge in [-0.1, -0.05) is 34.1 Å². The highest BCUT2D eigenvalue weighted by atomic mass is 79.9. The van der Waals surface area contributed by atoms with E-state index in [-0.39, 0.29) is 5.91 Å². The van der Waals surface area contributed by atoms with Crippen LogP contribution >= 0.6 is 15.9 Å². The third kappa shape index (κ3) is 4.36. The summed E-state index contributed by atoms with van der Waals surface area (Å²) in [5, 5.41) is 6.02. The summed E-state index contributed by atoms with van der Waals surface area (Å²) in [7, 11) is 1.53. The SMILES string of the molecule is COc1ccccc1C(=O)Nc1ccc(Nc2cccc(Br)c2)cn1. The first kappa shape index (κ1) is 17.0. The number of carbonyl (C=O) groups excluding carboxylic acids is 1. The molecule has 3 aromatic rings. The number of ether oxygens (including phenoxy) is 1. The van der Waals surface area contributed by atoms with Gasteiger partial charge in [-0.05, 0) is 42.5 Å². The first-order chi connectivity index (χ1) is 12.2. The Bertz CT molecular complexity index is 882. The molecule has 6 heteroatoms. The van der Waals surface area contributed by atoms with E-state index in [1.54, 1.807) is 30.5 Å². The Balaban J connectivity index is 1.69. The second-order valence-corrected chi connectivity index (χ2v) is 6.14. The number of aromatic nitrogens is 1. The van der Waals surface area contributed by atoms with Crippen molar-refractivity contribution < 1.29 is 9.53 Å². The highest BCUT2D eigenvalue weighted by Gasteiger charge is 2.12. The largest absolute Gasteiger partial charge is 0.496 e.